The summed E-state index contributed by atoms with van der Waals surface area (Å²) in [6, 6.07) is 6.87. The number of aliphatic hydroxyl groups is 1. The molecule has 1 saturated heterocycles. The van der Waals surface area contributed by atoms with E-state index in [1.807, 2.05) is 6.92 Å². The summed E-state index contributed by atoms with van der Waals surface area (Å²) in [7, 11) is -3.55. The standard InChI is InChI=1S/C14H21ClN2O3S/c1-11-5-4-8-17(10-11)21(19,20)16-9-14(18)12-6-2-3-7-13(12)15/h2-3,6-7,11,14,16,18H,4-5,8-10H2,1H3. The molecule has 0 radical (unpaired) electrons. The van der Waals surface area contributed by atoms with Crippen LogP contribution in [-0.4, -0.2) is 37.5 Å². The van der Waals surface area contributed by atoms with Crippen molar-refractivity contribution in [3.63, 3.8) is 0 Å². The van der Waals surface area contributed by atoms with Gasteiger partial charge in [0.2, 0.25) is 0 Å². The Morgan fingerprint density at radius 1 is 1.48 bits per heavy atom. The SMILES string of the molecule is CC1CCCN(S(=O)(=O)NCC(O)c2ccccc2Cl)C1. The molecule has 118 valence electrons. The first-order valence-electron chi connectivity index (χ1n) is 7.07. The minimum atomic E-state index is -3.55. The Morgan fingerprint density at radius 2 is 2.19 bits per heavy atom. The molecule has 21 heavy (non-hydrogen) atoms. The number of benzene rings is 1. The summed E-state index contributed by atoms with van der Waals surface area (Å²) in [6.45, 7) is 3.01. The smallest absolute Gasteiger partial charge is 0.279 e. The molecule has 1 heterocycles. The third-order valence-electron chi connectivity index (χ3n) is 3.68. The molecule has 0 amide bonds. The van der Waals surface area contributed by atoms with Gasteiger partial charge in [-0.3, -0.25) is 0 Å². The zero-order valence-corrected chi connectivity index (χ0v) is 13.6. The predicted octanol–water partition coefficient (Wildman–Crippen LogP) is 1.94. The molecular weight excluding hydrogens is 312 g/mol. The lowest BCUT2D eigenvalue weighted by Gasteiger charge is -2.30. The molecular formula is C14H21ClN2O3S. The molecule has 0 bridgehead atoms. The number of piperidine rings is 1. The first-order chi connectivity index (χ1) is 9.90. The molecule has 1 aromatic rings. The monoisotopic (exact) mass is 332 g/mol. The summed E-state index contributed by atoms with van der Waals surface area (Å²) in [5, 5.41) is 10.5. The van der Waals surface area contributed by atoms with Gasteiger partial charge in [0.05, 0.1) is 6.10 Å². The molecule has 1 aliphatic rings. The van der Waals surface area contributed by atoms with Crippen LogP contribution in [0.4, 0.5) is 0 Å². The van der Waals surface area contributed by atoms with E-state index in [0.29, 0.717) is 29.6 Å². The molecule has 5 nitrogen and oxygen atoms in total. The molecule has 2 rings (SSSR count). The maximum Gasteiger partial charge on any atom is 0.279 e. The molecule has 2 atom stereocenters. The van der Waals surface area contributed by atoms with Gasteiger partial charge in [-0.05, 0) is 24.8 Å². The molecule has 2 N–H and O–H groups in total. The zero-order valence-electron chi connectivity index (χ0n) is 12.0. The lowest BCUT2D eigenvalue weighted by Crippen LogP contribution is -2.46. The van der Waals surface area contributed by atoms with E-state index in [4.69, 9.17) is 11.6 Å². The van der Waals surface area contributed by atoms with E-state index in [0.717, 1.165) is 12.8 Å². The van der Waals surface area contributed by atoms with Gasteiger partial charge in [-0.25, -0.2) is 0 Å². The molecule has 0 saturated carbocycles. The van der Waals surface area contributed by atoms with Crippen LogP contribution in [0.25, 0.3) is 0 Å². The van der Waals surface area contributed by atoms with Crippen LogP contribution in [-0.2, 0) is 10.2 Å². The van der Waals surface area contributed by atoms with Gasteiger partial charge in [0.15, 0.2) is 0 Å². The molecule has 1 fully saturated rings. The Balaban J connectivity index is 1.97. The lowest BCUT2D eigenvalue weighted by atomic mass is 10.0. The maximum atomic E-state index is 12.2. The van der Waals surface area contributed by atoms with Crippen molar-refractivity contribution in [2.45, 2.75) is 25.9 Å². The van der Waals surface area contributed by atoms with Gasteiger partial charge in [0, 0.05) is 30.2 Å². The second-order valence-electron chi connectivity index (χ2n) is 5.50. The third kappa shape index (κ3) is 4.40. The molecule has 0 spiro atoms. The van der Waals surface area contributed by atoms with Crippen molar-refractivity contribution in [1.82, 2.24) is 9.03 Å². The molecule has 2 unspecified atom stereocenters. The molecule has 1 aromatic carbocycles. The highest BCUT2D eigenvalue weighted by Gasteiger charge is 2.27. The van der Waals surface area contributed by atoms with Crippen molar-refractivity contribution in [3.8, 4) is 0 Å². The Morgan fingerprint density at radius 3 is 2.86 bits per heavy atom. The number of hydrogen-bond donors (Lipinski definition) is 2. The van der Waals surface area contributed by atoms with Gasteiger partial charge < -0.3 is 5.11 Å². The van der Waals surface area contributed by atoms with Crippen LogP contribution >= 0.6 is 11.6 Å². The molecule has 7 heteroatoms. The van der Waals surface area contributed by atoms with Crippen molar-refractivity contribution >= 4 is 21.8 Å². The van der Waals surface area contributed by atoms with Crippen LogP contribution in [0, 0.1) is 5.92 Å². The van der Waals surface area contributed by atoms with E-state index in [1.54, 1.807) is 24.3 Å². The number of hydrogen-bond acceptors (Lipinski definition) is 3. The van der Waals surface area contributed by atoms with Crippen LogP contribution in [0.3, 0.4) is 0 Å². The first kappa shape index (κ1) is 16.7. The quantitative estimate of drug-likeness (QED) is 0.865. The summed E-state index contributed by atoms with van der Waals surface area (Å²) in [4.78, 5) is 0. The van der Waals surface area contributed by atoms with Crippen molar-refractivity contribution in [2.24, 2.45) is 5.92 Å². The highest BCUT2D eigenvalue weighted by molar-refractivity contribution is 7.87. The third-order valence-corrected chi connectivity index (χ3v) is 5.57. The van der Waals surface area contributed by atoms with E-state index < -0.39 is 16.3 Å². The minimum Gasteiger partial charge on any atom is -0.387 e. The average Bonchev–Trinajstić information content (AvgIpc) is 2.45. The van der Waals surface area contributed by atoms with E-state index >= 15 is 0 Å². The second-order valence-corrected chi connectivity index (χ2v) is 7.66. The van der Waals surface area contributed by atoms with Gasteiger partial charge in [0.25, 0.3) is 10.2 Å². The summed E-state index contributed by atoms with van der Waals surface area (Å²) in [6.07, 6.45) is 0.958. The Hall–Kier alpha value is -0.660. The van der Waals surface area contributed by atoms with Gasteiger partial charge in [-0.1, -0.05) is 36.7 Å². The van der Waals surface area contributed by atoms with Crippen LogP contribution in [0.15, 0.2) is 24.3 Å². The second kappa shape index (κ2) is 7.07. The van der Waals surface area contributed by atoms with Gasteiger partial charge in [-0.15, -0.1) is 0 Å². The highest BCUT2D eigenvalue weighted by atomic mass is 35.5. The molecule has 0 aliphatic carbocycles. The number of halogens is 1. The normalized spacial score (nSPS) is 22.1. The van der Waals surface area contributed by atoms with Gasteiger partial charge in [0.1, 0.15) is 0 Å². The van der Waals surface area contributed by atoms with E-state index in [-0.39, 0.29) is 6.54 Å². The molecule has 1 aliphatic heterocycles. The summed E-state index contributed by atoms with van der Waals surface area (Å²) >= 11 is 5.99. The number of aliphatic hydroxyl groups excluding tert-OH is 1. The van der Waals surface area contributed by atoms with Crippen molar-refractivity contribution < 1.29 is 13.5 Å². The van der Waals surface area contributed by atoms with Crippen molar-refractivity contribution in [3.05, 3.63) is 34.9 Å². The number of nitrogens with one attached hydrogen (secondary N) is 1. The summed E-state index contributed by atoms with van der Waals surface area (Å²) < 4.78 is 28.4. The fourth-order valence-electron chi connectivity index (χ4n) is 2.50. The summed E-state index contributed by atoms with van der Waals surface area (Å²) in [5.41, 5.74) is 0.522. The largest absolute Gasteiger partial charge is 0.387 e. The van der Waals surface area contributed by atoms with Crippen molar-refractivity contribution in [2.75, 3.05) is 19.6 Å². The predicted molar refractivity (Wildman–Crippen MR) is 83.3 cm³/mol. The first-order valence-corrected chi connectivity index (χ1v) is 8.89. The topological polar surface area (TPSA) is 69.6 Å². The fraction of sp³-hybridized carbons (Fsp3) is 0.571. The fourth-order valence-corrected chi connectivity index (χ4v) is 4.13. The maximum absolute atomic E-state index is 12.2. The van der Waals surface area contributed by atoms with Crippen molar-refractivity contribution in [1.29, 1.82) is 0 Å². The van der Waals surface area contributed by atoms with Crippen LogP contribution in [0.2, 0.25) is 5.02 Å². The summed E-state index contributed by atoms with van der Waals surface area (Å²) in [5.74, 6) is 0.365. The van der Waals surface area contributed by atoms with Crippen LogP contribution in [0.5, 0.6) is 0 Å². The van der Waals surface area contributed by atoms with Crippen LogP contribution < -0.4 is 4.72 Å². The number of rotatable bonds is 5. The van der Waals surface area contributed by atoms with E-state index in [9.17, 15) is 13.5 Å². The molecule has 0 aromatic heterocycles. The minimum absolute atomic E-state index is 0.0864. The average molecular weight is 333 g/mol. The van der Waals surface area contributed by atoms with E-state index in [2.05, 4.69) is 4.72 Å². The van der Waals surface area contributed by atoms with Gasteiger partial charge >= 0.3 is 0 Å². The van der Waals surface area contributed by atoms with Gasteiger partial charge in [-0.2, -0.15) is 17.4 Å². The Bertz CT molecular complexity index is 579. The Kier molecular flexibility index (Phi) is 5.62. The number of nitrogens with zero attached hydrogens (tertiary/aromatic N) is 1. The Labute approximate surface area is 131 Å². The lowest BCUT2D eigenvalue weighted by molar-refractivity contribution is 0.180. The van der Waals surface area contributed by atoms with Crippen LogP contribution in [0.1, 0.15) is 31.4 Å². The highest BCUT2D eigenvalue weighted by Crippen LogP contribution is 2.22. The zero-order chi connectivity index (χ0) is 15.5. The van der Waals surface area contributed by atoms with E-state index in [1.165, 1.54) is 4.31 Å².